The Morgan fingerprint density at radius 1 is 1.17 bits per heavy atom. The first-order valence-electron chi connectivity index (χ1n) is 7.76. The van der Waals surface area contributed by atoms with Crippen molar-refractivity contribution >= 4 is 17.3 Å². The lowest BCUT2D eigenvalue weighted by Crippen LogP contribution is -2.21. The molecule has 0 fully saturated rings. The summed E-state index contributed by atoms with van der Waals surface area (Å²) in [4.78, 5) is 12.1. The van der Waals surface area contributed by atoms with Gasteiger partial charge in [-0.25, -0.2) is 0 Å². The van der Waals surface area contributed by atoms with E-state index in [1.165, 1.54) is 0 Å². The van der Waals surface area contributed by atoms with Gasteiger partial charge in [0.05, 0.1) is 0 Å². The predicted molar refractivity (Wildman–Crippen MR) is 95.0 cm³/mol. The van der Waals surface area contributed by atoms with Gasteiger partial charge in [-0.05, 0) is 54.7 Å². The summed E-state index contributed by atoms with van der Waals surface area (Å²) in [7, 11) is 0. The highest BCUT2D eigenvalue weighted by molar-refractivity contribution is 5.93. The monoisotopic (exact) mass is 312 g/mol. The van der Waals surface area contributed by atoms with Crippen LogP contribution in [0.2, 0.25) is 0 Å². The Morgan fingerprint density at radius 3 is 2.61 bits per heavy atom. The van der Waals surface area contributed by atoms with Crippen molar-refractivity contribution in [2.24, 2.45) is 0 Å². The molecular weight excluding hydrogens is 288 g/mol. The molecule has 0 bridgehead atoms. The Labute approximate surface area is 137 Å². The van der Waals surface area contributed by atoms with E-state index in [4.69, 9.17) is 10.5 Å². The lowest BCUT2D eigenvalue weighted by molar-refractivity contribution is -0.118. The second kappa shape index (κ2) is 7.18. The third-order valence-corrected chi connectivity index (χ3v) is 3.69. The molecule has 0 radical (unpaired) electrons. The van der Waals surface area contributed by atoms with E-state index < -0.39 is 0 Å². The number of hydrogen-bond donors (Lipinski definition) is 2. The minimum atomic E-state index is -0.199. The first kappa shape index (κ1) is 16.9. The van der Waals surface area contributed by atoms with Crippen molar-refractivity contribution in [3.63, 3.8) is 0 Å². The fourth-order valence-corrected chi connectivity index (χ4v) is 2.35. The van der Waals surface area contributed by atoms with Crippen molar-refractivity contribution < 1.29 is 9.53 Å². The Balaban J connectivity index is 2.05. The highest BCUT2D eigenvalue weighted by Crippen LogP contribution is 2.27. The largest absolute Gasteiger partial charge is 0.483 e. The molecule has 0 aliphatic heterocycles. The number of nitrogens with one attached hydrogen (secondary N) is 1. The van der Waals surface area contributed by atoms with Crippen LogP contribution in [0.4, 0.5) is 11.4 Å². The second-order valence-electron chi connectivity index (χ2n) is 6.11. The van der Waals surface area contributed by atoms with E-state index in [0.717, 1.165) is 22.4 Å². The molecule has 2 aromatic carbocycles. The van der Waals surface area contributed by atoms with Crippen LogP contribution < -0.4 is 15.8 Å². The first-order chi connectivity index (χ1) is 10.9. The molecule has 0 aromatic heterocycles. The maximum absolute atomic E-state index is 12.1. The standard InChI is InChI=1S/C19H24N2O2/c1-12(2)16-8-5-13(3)9-18(16)23-11-19(22)21-17-10-15(20)7-6-14(17)4/h5-10,12H,11,20H2,1-4H3,(H,21,22). The van der Waals surface area contributed by atoms with Gasteiger partial charge in [-0.1, -0.05) is 32.0 Å². The molecule has 0 saturated carbocycles. The maximum Gasteiger partial charge on any atom is 0.262 e. The topological polar surface area (TPSA) is 64.3 Å². The van der Waals surface area contributed by atoms with Crippen LogP contribution in [0.1, 0.15) is 36.5 Å². The number of amides is 1. The summed E-state index contributed by atoms with van der Waals surface area (Å²) in [6.45, 7) is 8.11. The Kier molecular flexibility index (Phi) is 5.27. The number of benzene rings is 2. The van der Waals surface area contributed by atoms with Crippen LogP contribution in [-0.2, 0) is 4.79 Å². The molecule has 0 aliphatic carbocycles. The van der Waals surface area contributed by atoms with Gasteiger partial charge in [-0.15, -0.1) is 0 Å². The van der Waals surface area contributed by atoms with E-state index in [1.54, 1.807) is 6.07 Å². The fourth-order valence-electron chi connectivity index (χ4n) is 2.35. The molecule has 1 amide bonds. The summed E-state index contributed by atoms with van der Waals surface area (Å²) in [6, 6.07) is 11.5. The number of carbonyl (C=O) groups excluding carboxylic acids is 1. The number of nitrogens with two attached hydrogens (primary N) is 1. The van der Waals surface area contributed by atoms with Crippen molar-refractivity contribution in [3.05, 3.63) is 53.1 Å². The lowest BCUT2D eigenvalue weighted by atomic mass is 10.0. The maximum atomic E-state index is 12.1. The number of hydrogen-bond acceptors (Lipinski definition) is 3. The Morgan fingerprint density at radius 2 is 1.91 bits per heavy atom. The van der Waals surface area contributed by atoms with Crippen molar-refractivity contribution in [2.75, 3.05) is 17.7 Å². The van der Waals surface area contributed by atoms with Crippen LogP contribution in [0.5, 0.6) is 5.75 Å². The van der Waals surface area contributed by atoms with Crippen LogP contribution >= 0.6 is 0 Å². The lowest BCUT2D eigenvalue weighted by Gasteiger charge is -2.15. The van der Waals surface area contributed by atoms with E-state index in [-0.39, 0.29) is 12.5 Å². The predicted octanol–water partition coefficient (Wildman–Crippen LogP) is 4.03. The van der Waals surface area contributed by atoms with Crippen LogP contribution in [0.25, 0.3) is 0 Å². The van der Waals surface area contributed by atoms with Gasteiger partial charge in [-0.3, -0.25) is 4.79 Å². The van der Waals surface area contributed by atoms with Crippen molar-refractivity contribution in [2.45, 2.75) is 33.6 Å². The van der Waals surface area contributed by atoms with Gasteiger partial charge < -0.3 is 15.8 Å². The fraction of sp³-hybridized carbons (Fsp3) is 0.316. The van der Waals surface area contributed by atoms with Crippen molar-refractivity contribution in [1.82, 2.24) is 0 Å². The van der Waals surface area contributed by atoms with E-state index in [2.05, 4.69) is 31.3 Å². The summed E-state index contributed by atoms with van der Waals surface area (Å²) in [5, 5.41) is 2.84. The molecule has 0 saturated heterocycles. The average Bonchev–Trinajstić information content (AvgIpc) is 2.48. The van der Waals surface area contributed by atoms with Gasteiger partial charge in [0.25, 0.3) is 5.91 Å². The highest BCUT2D eigenvalue weighted by atomic mass is 16.5. The van der Waals surface area contributed by atoms with Crippen LogP contribution in [0.3, 0.4) is 0 Å². The molecule has 4 nitrogen and oxygen atoms in total. The van der Waals surface area contributed by atoms with Gasteiger partial charge in [0.1, 0.15) is 5.75 Å². The molecule has 2 rings (SSSR count). The first-order valence-corrected chi connectivity index (χ1v) is 7.76. The van der Waals surface area contributed by atoms with Gasteiger partial charge in [0.2, 0.25) is 0 Å². The van der Waals surface area contributed by atoms with Gasteiger partial charge in [0.15, 0.2) is 6.61 Å². The van der Waals surface area contributed by atoms with Gasteiger partial charge in [-0.2, -0.15) is 0 Å². The van der Waals surface area contributed by atoms with Crippen molar-refractivity contribution in [3.8, 4) is 5.75 Å². The highest BCUT2D eigenvalue weighted by Gasteiger charge is 2.11. The van der Waals surface area contributed by atoms with Crippen LogP contribution in [-0.4, -0.2) is 12.5 Å². The molecule has 4 heteroatoms. The summed E-state index contributed by atoms with van der Waals surface area (Å²) in [5.74, 6) is 0.902. The third kappa shape index (κ3) is 4.49. The molecule has 0 heterocycles. The summed E-state index contributed by atoms with van der Waals surface area (Å²) in [5.41, 5.74) is 10.3. The number of anilines is 2. The smallest absolute Gasteiger partial charge is 0.262 e. The molecule has 2 aromatic rings. The Hall–Kier alpha value is -2.49. The minimum absolute atomic E-state index is 0.0303. The van der Waals surface area contributed by atoms with E-state index >= 15 is 0 Å². The van der Waals surface area contributed by atoms with Gasteiger partial charge in [0, 0.05) is 11.4 Å². The number of nitrogen functional groups attached to an aromatic ring is 1. The molecule has 0 spiro atoms. The molecular formula is C19H24N2O2. The van der Waals surface area contributed by atoms with Crippen LogP contribution in [0, 0.1) is 13.8 Å². The van der Waals surface area contributed by atoms with E-state index in [9.17, 15) is 4.79 Å². The second-order valence-corrected chi connectivity index (χ2v) is 6.11. The van der Waals surface area contributed by atoms with Crippen LogP contribution in [0.15, 0.2) is 36.4 Å². The summed E-state index contributed by atoms with van der Waals surface area (Å²) >= 11 is 0. The zero-order valence-corrected chi connectivity index (χ0v) is 14.1. The quantitative estimate of drug-likeness (QED) is 0.819. The minimum Gasteiger partial charge on any atom is -0.483 e. The molecule has 0 unspecified atom stereocenters. The molecule has 0 atom stereocenters. The van der Waals surface area contributed by atoms with E-state index in [1.807, 2.05) is 32.0 Å². The number of ether oxygens (including phenoxy) is 1. The van der Waals surface area contributed by atoms with E-state index in [0.29, 0.717) is 17.3 Å². The number of rotatable bonds is 5. The summed E-state index contributed by atoms with van der Waals surface area (Å²) < 4.78 is 5.74. The molecule has 0 aliphatic rings. The number of aryl methyl sites for hydroxylation is 2. The van der Waals surface area contributed by atoms with Gasteiger partial charge >= 0.3 is 0 Å². The zero-order valence-electron chi connectivity index (χ0n) is 14.1. The zero-order chi connectivity index (χ0) is 17.0. The number of carbonyl (C=O) groups is 1. The average molecular weight is 312 g/mol. The third-order valence-electron chi connectivity index (χ3n) is 3.69. The summed E-state index contributed by atoms with van der Waals surface area (Å²) in [6.07, 6.45) is 0. The SMILES string of the molecule is Cc1ccc(C(C)C)c(OCC(=O)Nc2cc(N)ccc2C)c1. The molecule has 3 N–H and O–H groups in total. The Bertz CT molecular complexity index is 709. The molecule has 122 valence electrons. The van der Waals surface area contributed by atoms with Crippen molar-refractivity contribution in [1.29, 1.82) is 0 Å². The molecule has 23 heavy (non-hydrogen) atoms. The normalized spacial score (nSPS) is 10.7.